The average molecular weight is 321 g/mol. The number of nitrogens with one attached hydrogen (secondary N) is 1. The van der Waals surface area contributed by atoms with Crippen LogP contribution in [0.2, 0.25) is 0 Å². The van der Waals surface area contributed by atoms with Gasteiger partial charge in [0.2, 0.25) is 0 Å². The van der Waals surface area contributed by atoms with Crippen molar-refractivity contribution in [3.8, 4) is 0 Å². The number of nitrogens with zero attached hydrogens (tertiary/aromatic N) is 1. The smallest absolute Gasteiger partial charge is 0.335 e. The second-order valence-electron chi connectivity index (χ2n) is 3.70. The van der Waals surface area contributed by atoms with E-state index in [4.69, 9.17) is 5.11 Å². The lowest BCUT2D eigenvalue weighted by Gasteiger charge is -2.05. The van der Waals surface area contributed by atoms with E-state index in [-0.39, 0.29) is 17.3 Å². The fraction of sp³-hybridized carbons (Fsp3) is 0. The first-order chi connectivity index (χ1) is 9.06. The molecule has 0 saturated heterocycles. The van der Waals surface area contributed by atoms with E-state index in [2.05, 4.69) is 26.2 Å². The van der Waals surface area contributed by atoms with Crippen LogP contribution in [0.3, 0.4) is 0 Å². The number of aromatic nitrogens is 1. The van der Waals surface area contributed by atoms with Gasteiger partial charge in [-0.25, -0.2) is 9.78 Å². The topological polar surface area (TPSA) is 79.3 Å². The number of carbonyl (C=O) groups excluding carboxylic acids is 1. The van der Waals surface area contributed by atoms with Gasteiger partial charge in [-0.2, -0.15) is 0 Å². The minimum absolute atomic E-state index is 0.0705. The first-order valence-electron chi connectivity index (χ1n) is 5.32. The zero-order valence-electron chi connectivity index (χ0n) is 9.63. The first kappa shape index (κ1) is 13.2. The number of aromatic carboxylic acids is 1. The second kappa shape index (κ2) is 5.62. The SMILES string of the molecule is O=C(O)c1ccnc(NC(=O)c2ccc(Br)cc2)c1. The quantitative estimate of drug-likeness (QED) is 0.911. The normalized spacial score (nSPS) is 9.95. The Morgan fingerprint density at radius 2 is 1.79 bits per heavy atom. The highest BCUT2D eigenvalue weighted by Crippen LogP contribution is 2.13. The van der Waals surface area contributed by atoms with Crippen LogP contribution in [-0.2, 0) is 0 Å². The minimum atomic E-state index is -1.07. The van der Waals surface area contributed by atoms with Crippen LogP contribution in [0.5, 0.6) is 0 Å². The molecule has 0 spiro atoms. The number of carbonyl (C=O) groups is 2. The number of pyridine rings is 1. The maximum atomic E-state index is 11.9. The van der Waals surface area contributed by atoms with Crippen molar-refractivity contribution in [1.29, 1.82) is 0 Å². The molecule has 96 valence electrons. The van der Waals surface area contributed by atoms with Crippen LogP contribution in [0.15, 0.2) is 47.1 Å². The monoisotopic (exact) mass is 320 g/mol. The number of amides is 1. The number of hydrogen-bond donors (Lipinski definition) is 2. The molecule has 5 nitrogen and oxygen atoms in total. The van der Waals surface area contributed by atoms with Crippen molar-refractivity contribution in [2.45, 2.75) is 0 Å². The summed E-state index contributed by atoms with van der Waals surface area (Å²) in [4.78, 5) is 26.6. The molecule has 1 amide bonds. The lowest BCUT2D eigenvalue weighted by Crippen LogP contribution is -2.13. The van der Waals surface area contributed by atoms with Crippen LogP contribution >= 0.6 is 15.9 Å². The van der Waals surface area contributed by atoms with E-state index >= 15 is 0 Å². The molecule has 2 rings (SSSR count). The lowest BCUT2D eigenvalue weighted by molar-refractivity contribution is 0.0696. The van der Waals surface area contributed by atoms with Gasteiger partial charge >= 0.3 is 5.97 Å². The fourth-order valence-electron chi connectivity index (χ4n) is 1.42. The lowest BCUT2D eigenvalue weighted by atomic mass is 10.2. The third-order valence-corrected chi connectivity index (χ3v) is 2.88. The van der Waals surface area contributed by atoms with Crippen LogP contribution in [0.1, 0.15) is 20.7 Å². The van der Waals surface area contributed by atoms with E-state index < -0.39 is 5.97 Å². The van der Waals surface area contributed by atoms with Crippen molar-refractivity contribution in [2.75, 3.05) is 5.32 Å². The molecule has 0 atom stereocenters. The summed E-state index contributed by atoms with van der Waals surface area (Å²) in [6, 6.07) is 9.46. The molecule has 0 unspecified atom stereocenters. The zero-order valence-corrected chi connectivity index (χ0v) is 11.2. The summed E-state index contributed by atoms with van der Waals surface area (Å²) in [5.41, 5.74) is 0.534. The Morgan fingerprint density at radius 1 is 1.11 bits per heavy atom. The average Bonchev–Trinajstić information content (AvgIpc) is 2.39. The second-order valence-corrected chi connectivity index (χ2v) is 4.61. The maximum absolute atomic E-state index is 11.9. The van der Waals surface area contributed by atoms with Gasteiger partial charge in [0.05, 0.1) is 5.56 Å². The number of carboxylic acids is 1. The van der Waals surface area contributed by atoms with Crippen molar-refractivity contribution >= 4 is 33.6 Å². The molecule has 0 bridgehead atoms. The Morgan fingerprint density at radius 3 is 2.42 bits per heavy atom. The van der Waals surface area contributed by atoms with Crippen LogP contribution in [0, 0.1) is 0 Å². The van der Waals surface area contributed by atoms with Crippen molar-refractivity contribution < 1.29 is 14.7 Å². The molecule has 2 aromatic rings. The molecular weight excluding hydrogens is 312 g/mol. The van der Waals surface area contributed by atoms with Crippen LogP contribution in [0.25, 0.3) is 0 Å². The van der Waals surface area contributed by atoms with Gasteiger partial charge in [0.15, 0.2) is 0 Å². The van der Waals surface area contributed by atoms with Crippen LogP contribution in [0.4, 0.5) is 5.82 Å². The summed E-state index contributed by atoms with van der Waals surface area (Å²) in [5.74, 6) is -1.21. The number of carboxylic acid groups (broad SMARTS) is 1. The molecule has 1 aromatic carbocycles. The van der Waals surface area contributed by atoms with Crippen molar-refractivity contribution in [2.24, 2.45) is 0 Å². The van der Waals surface area contributed by atoms with Gasteiger partial charge in [0.1, 0.15) is 5.82 Å². The van der Waals surface area contributed by atoms with Gasteiger partial charge in [-0.1, -0.05) is 15.9 Å². The van der Waals surface area contributed by atoms with Crippen LogP contribution in [-0.4, -0.2) is 22.0 Å². The summed E-state index contributed by atoms with van der Waals surface area (Å²) in [7, 11) is 0. The molecular formula is C13H9BrN2O3. The molecule has 0 aliphatic rings. The van der Waals surface area contributed by atoms with E-state index in [1.807, 2.05) is 0 Å². The minimum Gasteiger partial charge on any atom is -0.478 e. The molecule has 1 heterocycles. The first-order valence-corrected chi connectivity index (χ1v) is 6.12. The van der Waals surface area contributed by atoms with E-state index in [9.17, 15) is 9.59 Å². The predicted molar refractivity (Wildman–Crippen MR) is 73.3 cm³/mol. The van der Waals surface area contributed by atoms with E-state index in [0.29, 0.717) is 5.56 Å². The molecule has 1 aromatic heterocycles. The Hall–Kier alpha value is -2.21. The largest absolute Gasteiger partial charge is 0.478 e. The van der Waals surface area contributed by atoms with E-state index in [0.717, 1.165) is 4.47 Å². The maximum Gasteiger partial charge on any atom is 0.335 e. The zero-order chi connectivity index (χ0) is 13.8. The molecule has 6 heteroatoms. The number of rotatable bonds is 3. The summed E-state index contributed by atoms with van der Waals surface area (Å²) in [6.45, 7) is 0. The molecule has 0 aliphatic carbocycles. The summed E-state index contributed by atoms with van der Waals surface area (Å²) >= 11 is 3.28. The highest BCUT2D eigenvalue weighted by atomic mass is 79.9. The van der Waals surface area contributed by atoms with E-state index in [1.54, 1.807) is 24.3 Å². The van der Waals surface area contributed by atoms with Crippen molar-refractivity contribution in [3.05, 3.63) is 58.2 Å². The Bertz CT molecular complexity index is 626. The Kier molecular flexibility index (Phi) is 3.91. The Balaban J connectivity index is 2.17. The number of benzene rings is 1. The third kappa shape index (κ3) is 3.38. The number of halogens is 1. The third-order valence-electron chi connectivity index (χ3n) is 2.35. The van der Waals surface area contributed by atoms with Gasteiger partial charge < -0.3 is 10.4 Å². The summed E-state index contributed by atoms with van der Waals surface area (Å²) in [6.07, 6.45) is 1.33. The van der Waals surface area contributed by atoms with Gasteiger partial charge in [0.25, 0.3) is 5.91 Å². The fourth-order valence-corrected chi connectivity index (χ4v) is 1.69. The van der Waals surface area contributed by atoms with Crippen LogP contribution < -0.4 is 5.32 Å². The van der Waals surface area contributed by atoms with Crippen molar-refractivity contribution in [3.63, 3.8) is 0 Å². The van der Waals surface area contributed by atoms with E-state index in [1.165, 1.54) is 18.3 Å². The molecule has 0 radical (unpaired) electrons. The predicted octanol–water partition coefficient (Wildman–Crippen LogP) is 2.79. The van der Waals surface area contributed by atoms with Gasteiger partial charge in [-0.05, 0) is 36.4 Å². The highest BCUT2D eigenvalue weighted by molar-refractivity contribution is 9.10. The number of hydrogen-bond acceptors (Lipinski definition) is 3. The molecule has 0 fully saturated rings. The molecule has 19 heavy (non-hydrogen) atoms. The van der Waals surface area contributed by atoms with Gasteiger partial charge in [-0.15, -0.1) is 0 Å². The summed E-state index contributed by atoms with van der Waals surface area (Å²) in [5, 5.41) is 11.4. The number of anilines is 1. The van der Waals surface area contributed by atoms with Gasteiger partial charge in [0, 0.05) is 16.2 Å². The Labute approximate surface area is 117 Å². The van der Waals surface area contributed by atoms with Gasteiger partial charge in [-0.3, -0.25) is 4.79 Å². The molecule has 0 saturated carbocycles. The molecule has 0 aliphatic heterocycles. The molecule has 2 N–H and O–H groups in total. The summed E-state index contributed by atoms with van der Waals surface area (Å²) < 4.78 is 0.870. The highest BCUT2D eigenvalue weighted by Gasteiger charge is 2.09. The van der Waals surface area contributed by atoms with Crippen molar-refractivity contribution in [1.82, 2.24) is 4.98 Å². The standard InChI is InChI=1S/C13H9BrN2O3/c14-10-3-1-8(2-4-10)12(17)16-11-7-9(13(18)19)5-6-15-11/h1-7H,(H,18,19)(H,15,16,17).